The van der Waals surface area contributed by atoms with Gasteiger partial charge in [-0.3, -0.25) is 9.69 Å². The van der Waals surface area contributed by atoms with Crippen LogP contribution in [-0.4, -0.2) is 51.2 Å². The molecule has 0 unspecified atom stereocenters. The first-order valence-corrected chi connectivity index (χ1v) is 9.13. The molecule has 3 rings (SSSR count). The van der Waals surface area contributed by atoms with Crippen molar-refractivity contribution < 1.29 is 14.3 Å². The second kappa shape index (κ2) is 10.3. The van der Waals surface area contributed by atoms with Crippen molar-refractivity contribution in [3.05, 3.63) is 54.1 Å². The summed E-state index contributed by atoms with van der Waals surface area (Å²) in [6.45, 7) is 2.58. The van der Waals surface area contributed by atoms with Crippen LogP contribution in [0.3, 0.4) is 0 Å². The number of amides is 1. The van der Waals surface area contributed by atoms with Crippen molar-refractivity contribution in [2.24, 2.45) is 11.7 Å². The quantitative estimate of drug-likeness (QED) is 0.740. The molecule has 3 N–H and O–H groups in total. The van der Waals surface area contributed by atoms with Gasteiger partial charge in [-0.15, -0.1) is 12.4 Å². The van der Waals surface area contributed by atoms with Crippen molar-refractivity contribution in [1.29, 1.82) is 0 Å². The number of halogens is 1. The highest BCUT2D eigenvalue weighted by molar-refractivity contribution is 5.94. The summed E-state index contributed by atoms with van der Waals surface area (Å²) in [5.74, 6) is 1.90. The number of carbonyl (C=O) groups excluding carboxylic acids is 1. The van der Waals surface area contributed by atoms with Crippen LogP contribution >= 0.6 is 12.4 Å². The van der Waals surface area contributed by atoms with Crippen LogP contribution in [0.2, 0.25) is 0 Å². The van der Waals surface area contributed by atoms with E-state index >= 15 is 0 Å². The molecule has 28 heavy (non-hydrogen) atoms. The number of anilines is 1. The molecule has 1 fully saturated rings. The Kier molecular flexibility index (Phi) is 8.11. The van der Waals surface area contributed by atoms with Crippen LogP contribution in [0.25, 0.3) is 0 Å². The molecule has 2 aromatic carbocycles. The SMILES string of the molecule is COc1ccc(OC)c(NC(=O)CN2C[C@@H](CN)[C@H](c3ccccc3)C2)c1.Cl. The molecule has 1 saturated heterocycles. The maximum atomic E-state index is 12.6. The summed E-state index contributed by atoms with van der Waals surface area (Å²) >= 11 is 0. The highest BCUT2D eigenvalue weighted by Gasteiger charge is 2.33. The van der Waals surface area contributed by atoms with E-state index in [2.05, 4.69) is 22.3 Å². The number of nitrogens with two attached hydrogens (primary N) is 1. The highest BCUT2D eigenvalue weighted by Crippen LogP contribution is 2.32. The Bertz CT molecular complexity index is 773. The van der Waals surface area contributed by atoms with Gasteiger partial charge in [0, 0.05) is 25.1 Å². The number of benzene rings is 2. The minimum atomic E-state index is -0.0777. The largest absolute Gasteiger partial charge is 0.497 e. The van der Waals surface area contributed by atoms with Crippen molar-refractivity contribution in [2.75, 3.05) is 45.7 Å². The van der Waals surface area contributed by atoms with E-state index in [0.29, 0.717) is 42.1 Å². The molecule has 7 heteroatoms. The molecule has 1 aliphatic heterocycles. The normalized spacial score (nSPS) is 19.0. The summed E-state index contributed by atoms with van der Waals surface area (Å²) in [6.07, 6.45) is 0. The number of methoxy groups -OCH3 is 2. The Morgan fingerprint density at radius 1 is 1.14 bits per heavy atom. The van der Waals surface area contributed by atoms with E-state index in [1.807, 2.05) is 18.2 Å². The Balaban J connectivity index is 0.00000280. The van der Waals surface area contributed by atoms with E-state index in [-0.39, 0.29) is 18.3 Å². The zero-order valence-electron chi connectivity index (χ0n) is 16.3. The lowest BCUT2D eigenvalue weighted by atomic mass is 9.89. The lowest BCUT2D eigenvalue weighted by Gasteiger charge is -2.17. The van der Waals surface area contributed by atoms with Crippen molar-refractivity contribution >= 4 is 24.0 Å². The number of carbonyl (C=O) groups is 1. The van der Waals surface area contributed by atoms with Gasteiger partial charge >= 0.3 is 0 Å². The molecule has 2 atom stereocenters. The standard InChI is InChI=1S/C21H27N3O3.ClH/c1-26-17-8-9-20(27-2)19(10-17)23-21(25)14-24-12-16(11-22)18(13-24)15-6-4-3-5-7-15;/h3-10,16,18H,11-14,22H2,1-2H3,(H,23,25);1H/t16-,18+;/m1./s1. The molecule has 0 aliphatic carbocycles. The fraction of sp³-hybridized carbons (Fsp3) is 0.381. The molecule has 1 amide bonds. The van der Waals surface area contributed by atoms with Crippen molar-refractivity contribution in [1.82, 2.24) is 4.90 Å². The predicted molar refractivity (Wildman–Crippen MR) is 114 cm³/mol. The van der Waals surface area contributed by atoms with E-state index in [0.717, 1.165) is 13.1 Å². The first kappa shape index (κ1) is 22.0. The maximum Gasteiger partial charge on any atom is 0.238 e. The van der Waals surface area contributed by atoms with Crippen LogP contribution < -0.4 is 20.5 Å². The summed E-state index contributed by atoms with van der Waals surface area (Å²) in [7, 11) is 3.17. The van der Waals surface area contributed by atoms with Crippen LogP contribution in [0.4, 0.5) is 5.69 Å². The van der Waals surface area contributed by atoms with Crippen molar-refractivity contribution in [3.8, 4) is 11.5 Å². The molecule has 1 heterocycles. The summed E-state index contributed by atoms with van der Waals surface area (Å²) in [5.41, 5.74) is 7.88. The Morgan fingerprint density at radius 2 is 1.89 bits per heavy atom. The van der Waals surface area contributed by atoms with Crippen LogP contribution in [-0.2, 0) is 4.79 Å². The number of likely N-dealkylation sites (tertiary alicyclic amines) is 1. The molecule has 6 nitrogen and oxygen atoms in total. The average Bonchev–Trinajstić information content (AvgIpc) is 3.11. The maximum absolute atomic E-state index is 12.6. The van der Waals surface area contributed by atoms with Gasteiger partial charge in [-0.05, 0) is 30.2 Å². The minimum Gasteiger partial charge on any atom is -0.497 e. The van der Waals surface area contributed by atoms with E-state index < -0.39 is 0 Å². The van der Waals surface area contributed by atoms with Crippen molar-refractivity contribution in [3.63, 3.8) is 0 Å². The molecule has 0 aromatic heterocycles. The van der Waals surface area contributed by atoms with Crippen LogP contribution in [0, 0.1) is 5.92 Å². The molecule has 1 aliphatic rings. The van der Waals surface area contributed by atoms with Gasteiger partial charge in [0.2, 0.25) is 5.91 Å². The topological polar surface area (TPSA) is 76.8 Å². The number of hydrogen-bond acceptors (Lipinski definition) is 5. The number of rotatable bonds is 7. The van der Waals surface area contributed by atoms with Crippen LogP contribution in [0.5, 0.6) is 11.5 Å². The molecule has 152 valence electrons. The van der Waals surface area contributed by atoms with Gasteiger partial charge < -0.3 is 20.5 Å². The molecule has 0 bridgehead atoms. The third kappa shape index (κ3) is 5.16. The smallest absolute Gasteiger partial charge is 0.238 e. The monoisotopic (exact) mass is 405 g/mol. The van der Waals surface area contributed by atoms with E-state index in [1.165, 1.54) is 5.56 Å². The number of nitrogens with zero attached hydrogens (tertiary/aromatic N) is 1. The fourth-order valence-electron chi connectivity index (χ4n) is 3.71. The number of nitrogens with one attached hydrogen (secondary N) is 1. The molecular formula is C21H28ClN3O3. The Labute approximate surface area is 172 Å². The van der Waals surface area contributed by atoms with E-state index in [9.17, 15) is 4.79 Å². The minimum absolute atomic E-state index is 0. The van der Waals surface area contributed by atoms with E-state index in [4.69, 9.17) is 15.2 Å². The summed E-state index contributed by atoms with van der Waals surface area (Å²) in [5, 5.41) is 2.93. The van der Waals surface area contributed by atoms with E-state index in [1.54, 1.807) is 32.4 Å². The highest BCUT2D eigenvalue weighted by atomic mass is 35.5. The number of ether oxygens (including phenoxy) is 2. The molecular weight excluding hydrogens is 378 g/mol. The first-order valence-electron chi connectivity index (χ1n) is 9.13. The average molecular weight is 406 g/mol. The van der Waals surface area contributed by atoms with Crippen LogP contribution in [0.1, 0.15) is 11.5 Å². The second-order valence-corrected chi connectivity index (χ2v) is 6.82. The lowest BCUT2D eigenvalue weighted by molar-refractivity contribution is -0.117. The zero-order chi connectivity index (χ0) is 19.2. The summed E-state index contributed by atoms with van der Waals surface area (Å²) < 4.78 is 10.6. The summed E-state index contributed by atoms with van der Waals surface area (Å²) in [4.78, 5) is 14.8. The molecule has 0 saturated carbocycles. The van der Waals surface area contributed by atoms with Gasteiger partial charge in [0.25, 0.3) is 0 Å². The van der Waals surface area contributed by atoms with Gasteiger partial charge in [0.05, 0.1) is 26.5 Å². The zero-order valence-corrected chi connectivity index (χ0v) is 17.1. The Hall–Kier alpha value is -2.28. The third-order valence-electron chi connectivity index (χ3n) is 5.10. The lowest BCUT2D eigenvalue weighted by Crippen LogP contribution is -2.32. The fourth-order valence-corrected chi connectivity index (χ4v) is 3.71. The molecule has 0 radical (unpaired) electrons. The first-order chi connectivity index (χ1) is 13.1. The van der Waals surface area contributed by atoms with Gasteiger partial charge in [0.1, 0.15) is 11.5 Å². The van der Waals surface area contributed by atoms with Gasteiger partial charge in [-0.2, -0.15) is 0 Å². The van der Waals surface area contributed by atoms with Gasteiger partial charge in [-0.25, -0.2) is 0 Å². The second-order valence-electron chi connectivity index (χ2n) is 6.82. The van der Waals surface area contributed by atoms with Gasteiger partial charge in [-0.1, -0.05) is 30.3 Å². The van der Waals surface area contributed by atoms with Crippen LogP contribution in [0.15, 0.2) is 48.5 Å². The predicted octanol–water partition coefficient (Wildman–Crippen LogP) is 2.74. The Morgan fingerprint density at radius 3 is 2.54 bits per heavy atom. The number of hydrogen-bond donors (Lipinski definition) is 2. The molecule has 2 aromatic rings. The summed E-state index contributed by atoms with van der Waals surface area (Å²) in [6, 6.07) is 15.7. The van der Waals surface area contributed by atoms with Crippen molar-refractivity contribution in [2.45, 2.75) is 5.92 Å². The van der Waals surface area contributed by atoms with Gasteiger partial charge in [0.15, 0.2) is 0 Å². The third-order valence-corrected chi connectivity index (χ3v) is 5.10. The molecule has 0 spiro atoms.